The normalized spacial score (nSPS) is 24.6. The quantitative estimate of drug-likeness (QED) is 0.798. The molecule has 1 aliphatic carbocycles. The van der Waals surface area contributed by atoms with E-state index in [9.17, 15) is 4.79 Å². The molecule has 0 spiro atoms. The number of carbonyl (C=O) groups excluding carboxylic acids is 1. The molecule has 0 aromatic heterocycles. The van der Waals surface area contributed by atoms with Gasteiger partial charge in [-0.15, -0.1) is 0 Å². The van der Waals surface area contributed by atoms with E-state index in [1.807, 2.05) is 30.3 Å². The minimum Gasteiger partial charge on any atom is -0.271 e. The van der Waals surface area contributed by atoms with Crippen molar-refractivity contribution in [2.75, 3.05) is 6.61 Å². The molecule has 92 valence electrons. The Morgan fingerprint density at radius 3 is 2.72 bits per heavy atom. The van der Waals surface area contributed by atoms with Crippen molar-refractivity contribution in [1.82, 2.24) is 5.06 Å². The van der Waals surface area contributed by atoms with Crippen LogP contribution in [0.1, 0.15) is 30.9 Å². The van der Waals surface area contributed by atoms with Crippen molar-refractivity contribution in [2.45, 2.75) is 25.3 Å². The van der Waals surface area contributed by atoms with Gasteiger partial charge in [0.1, 0.15) is 5.41 Å². The van der Waals surface area contributed by atoms with Crippen LogP contribution in [0.25, 0.3) is 0 Å². The topological polar surface area (TPSA) is 53.3 Å². The van der Waals surface area contributed by atoms with E-state index < -0.39 is 5.41 Å². The number of hydroxylamine groups is 2. The van der Waals surface area contributed by atoms with Gasteiger partial charge in [-0.25, -0.2) is 5.06 Å². The minimum atomic E-state index is -0.808. The Kier molecular flexibility index (Phi) is 2.57. The lowest BCUT2D eigenvalue weighted by atomic mass is 10.0. The highest BCUT2D eigenvalue weighted by molar-refractivity contribution is 5.88. The fourth-order valence-electron chi connectivity index (χ4n) is 2.36. The van der Waals surface area contributed by atoms with Gasteiger partial charge in [-0.3, -0.25) is 9.63 Å². The van der Waals surface area contributed by atoms with Crippen molar-refractivity contribution < 1.29 is 9.63 Å². The first-order valence-corrected chi connectivity index (χ1v) is 6.20. The maximum atomic E-state index is 12.3. The Labute approximate surface area is 106 Å². The van der Waals surface area contributed by atoms with Crippen molar-refractivity contribution in [3.05, 3.63) is 35.9 Å². The molecule has 1 amide bonds. The molecule has 2 aliphatic rings. The monoisotopic (exact) mass is 242 g/mol. The minimum absolute atomic E-state index is 0.0514. The van der Waals surface area contributed by atoms with Gasteiger partial charge < -0.3 is 0 Å². The number of nitriles is 1. The Bertz CT molecular complexity index is 502. The van der Waals surface area contributed by atoms with E-state index in [1.165, 1.54) is 5.06 Å². The molecule has 18 heavy (non-hydrogen) atoms. The number of nitrogens with zero attached hydrogens (tertiary/aromatic N) is 2. The summed E-state index contributed by atoms with van der Waals surface area (Å²) in [7, 11) is 0. The summed E-state index contributed by atoms with van der Waals surface area (Å²) in [5, 5.41) is 10.5. The Hall–Kier alpha value is -1.86. The van der Waals surface area contributed by atoms with Crippen LogP contribution in [0.2, 0.25) is 0 Å². The molecule has 2 fully saturated rings. The van der Waals surface area contributed by atoms with Crippen molar-refractivity contribution in [1.29, 1.82) is 5.26 Å². The molecule has 1 aromatic carbocycles. The lowest BCUT2D eigenvalue weighted by Gasteiger charge is -2.24. The van der Waals surface area contributed by atoms with Crippen molar-refractivity contribution in [3.63, 3.8) is 0 Å². The van der Waals surface area contributed by atoms with Crippen molar-refractivity contribution in [3.8, 4) is 6.07 Å². The van der Waals surface area contributed by atoms with Crippen molar-refractivity contribution >= 4 is 5.91 Å². The van der Waals surface area contributed by atoms with E-state index in [4.69, 9.17) is 10.1 Å². The molecule has 0 radical (unpaired) electrons. The fraction of sp³-hybridized carbons (Fsp3) is 0.429. The summed E-state index contributed by atoms with van der Waals surface area (Å²) in [5.74, 6) is -0.170. The van der Waals surface area contributed by atoms with Crippen LogP contribution in [0.3, 0.4) is 0 Å². The summed E-state index contributed by atoms with van der Waals surface area (Å²) in [6, 6.07) is 11.9. The molecule has 1 saturated heterocycles. The van der Waals surface area contributed by atoms with Gasteiger partial charge in [-0.2, -0.15) is 5.26 Å². The summed E-state index contributed by atoms with van der Waals surface area (Å²) in [6.45, 7) is 0.535. The van der Waals surface area contributed by atoms with E-state index in [1.54, 1.807) is 0 Å². The Morgan fingerprint density at radius 1 is 1.39 bits per heavy atom. The lowest BCUT2D eigenvalue weighted by molar-refractivity contribution is -0.181. The third kappa shape index (κ3) is 1.68. The van der Waals surface area contributed by atoms with Crippen LogP contribution in [0, 0.1) is 16.7 Å². The first-order chi connectivity index (χ1) is 8.77. The Balaban J connectivity index is 1.85. The lowest BCUT2D eigenvalue weighted by Crippen LogP contribution is -2.35. The summed E-state index contributed by atoms with van der Waals surface area (Å²) in [5.41, 5.74) is 0.259. The second-order valence-electron chi connectivity index (χ2n) is 4.87. The molecule has 1 aliphatic heterocycles. The van der Waals surface area contributed by atoms with Crippen LogP contribution >= 0.6 is 0 Å². The zero-order valence-corrected chi connectivity index (χ0v) is 10.0. The maximum Gasteiger partial charge on any atom is 0.267 e. The smallest absolute Gasteiger partial charge is 0.267 e. The van der Waals surface area contributed by atoms with Gasteiger partial charge in [0.25, 0.3) is 5.91 Å². The van der Waals surface area contributed by atoms with Gasteiger partial charge >= 0.3 is 0 Å². The average Bonchev–Trinajstić information content (AvgIpc) is 3.08. The average molecular weight is 242 g/mol. The van der Waals surface area contributed by atoms with Gasteiger partial charge in [-0.1, -0.05) is 30.3 Å². The first kappa shape index (κ1) is 11.2. The van der Waals surface area contributed by atoms with Gasteiger partial charge in [0, 0.05) is 6.42 Å². The predicted molar refractivity (Wildman–Crippen MR) is 63.9 cm³/mol. The van der Waals surface area contributed by atoms with E-state index in [0.717, 1.165) is 12.0 Å². The third-order valence-electron chi connectivity index (χ3n) is 3.66. The largest absolute Gasteiger partial charge is 0.271 e. The van der Waals surface area contributed by atoms with Crippen LogP contribution in [0.15, 0.2) is 30.3 Å². The van der Waals surface area contributed by atoms with Crippen LogP contribution in [-0.2, 0) is 9.63 Å². The number of benzene rings is 1. The molecule has 1 atom stereocenters. The molecule has 4 nitrogen and oxygen atoms in total. The number of carbonyl (C=O) groups is 1. The second-order valence-corrected chi connectivity index (χ2v) is 4.87. The molecule has 0 N–H and O–H groups in total. The molecule has 1 aromatic rings. The van der Waals surface area contributed by atoms with Crippen LogP contribution in [0.5, 0.6) is 0 Å². The Morgan fingerprint density at radius 2 is 2.11 bits per heavy atom. The van der Waals surface area contributed by atoms with Gasteiger partial charge in [0.2, 0.25) is 0 Å². The number of amides is 1. The summed E-state index contributed by atoms with van der Waals surface area (Å²) in [4.78, 5) is 17.8. The molecule has 3 rings (SSSR count). The highest BCUT2D eigenvalue weighted by Crippen LogP contribution is 2.48. The third-order valence-corrected chi connectivity index (χ3v) is 3.66. The number of hydrogen-bond acceptors (Lipinski definition) is 3. The van der Waals surface area contributed by atoms with E-state index in [0.29, 0.717) is 19.4 Å². The predicted octanol–water partition coefficient (Wildman–Crippen LogP) is 2.20. The molecule has 4 heteroatoms. The summed E-state index contributed by atoms with van der Waals surface area (Å²) in [6.07, 6.45) is 2.10. The highest BCUT2D eigenvalue weighted by atomic mass is 16.7. The van der Waals surface area contributed by atoms with Crippen molar-refractivity contribution in [2.24, 2.45) is 5.41 Å². The van der Waals surface area contributed by atoms with Gasteiger partial charge in [0.15, 0.2) is 0 Å². The van der Waals surface area contributed by atoms with E-state index >= 15 is 0 Å². The molecule has 0 bridgehead atoms. The van der Waals surface area contributed by atoms with E-state index in [-0.39, 0.29) is 11.9 Å². The highest BCUT2D eigenvalue weighted by Gasteiger charge is 2.55. The van der Waals surface area contributed by atoms with Crippen LogP contribution in [0.4, 0.5) is 0 Å². The molecular formula is C14H14N2O2. The number of rotatable bonds is 2. The zero-order chi connectivity index (χ0) is 12.6. The summed E-state index contributed by atoms with van der Waals surface area (Å²) >= 11 is 0. The zero-order valence-electron chi connectivity index (χ0n) is 10.0. The first-order valence-electron chi connectivity index (χ1n) is 6.20. The standard InChI is InChI=1S/C14H14N2O2/c15-10-14(7-8-14)13(17)16-12(6-9-18-16)11-4-2-1-3-5-11/h1-5,12H,6-9H2/t12-/m0/s1. The van der Waals surface area contributed by atoms with E-state index in [2.05, 4.69) is 6.07 Å². The SMILES string of the molecule is N#CC1(C(=O)N2OCC[C@H]2c2ccccc2)CC1. The molecule has 1 heterocycles. The molecule has 0 unspecified atom stereocenters. The maximum absolute atomic E-state index is 12.3. The van der Waals surface area contributed by atoms with Gasteiger partial charge in [0.05, 0.1) is 18.7 Å². The number of hydrogen-bond donors (Lipinski definition) is 0. The van der Waals surface area contributed by atoms with Crippen LogP contribution < -0.4 is 0 Å². The molecule has 1 saturated carbocycles. The van der Waals surface area contributed by atoms with Crippen LogP contribution in [-0.4, -0.2) is 17.6 Å². The second kappa shape index (κ2) is 4.11. The molecular weight excluding hydrogens is 228 g/mol. The summed E-state index contributed by atoms with van der Waals surface area (Å²) < 4.78 is 0. The fourth-order valence-corrected chi connectivity index (χ4v) is 2.36. The van der Waals surface area contributed by atoms with Gasteiger partial charge in [-0.05, 0) is 18.4 Å².